The van der Waals surface area contributed by atoms with E-state index in [0.717, 1.165) is 5.69 Å². The normalized spacial score (nSPS) is 10.5. The summed E-state index contributed by atoms with van der Waals surface area (Å²) in [7, 11) is 0. The van der Waals surface area contributed by atoms with Crippen molar-refractivity contribution in [1.29, 1.82) is 0 Å². The lowest BCUT2D eigenvalue weighted by molar-refractivity contribution is 0.380. The minimum Gasteiger partial charge on any atom is -0.339 e. The summed E-state index contributed by atoms with van der Waals surface area (Å²) in [6.45, 7) is 0.513. The van der Waals surface area contributed by atoms with Crippen molar-refractivity contribution < 1.29 is 4.52 Å². The van der Waals surface area contributed by atoms with Crippen molar-refractivity contribution in [2.24, 2.45) is 5.73 Å². The molecule has 5 nitrogen and oxygen atoms in total. The van der Waals surface area contributed by atoms with Gasteiger partial charge in [-0.25, -0.2) is 4.98 Å². The van der Waals surface area contributed by atoms with Gasteiger partial charge in [0, 0.05) is 18.3 Å². The highest BCUT2D eigenvalue weighted by molar-refractivity contribution is 7.07. The summed E-state index contributed by atoms with van der Waals surface area (Å²) < 4.78 is 4.95. The highest BCUT2D eigenvalue weighted by Gasteiger charge is 2.08. The number of thiazole rings is 1. The van der Waals surface area contributed by atoms with Crippen molar-refractivity contribution in [3.8, 4) is 11.5 Å². The Morgan fingerprint density at radius 1 is 1.54 bits per heavy atom. The largest absolute Gasteiger partial charge is 0.339 e. The number of hydrogen-bond acceptors (Lipinski definition) is 6. The van der Waals surface area contributed by atoms with Gasteiger partial charge in [0.1, 0.15) is 5.69 Å². The Bertz CT molecular complexity index is 370. The van der Waals surface area contributed by atoms with E-state index >= 15 is 0 Å². The first-order valence-electron chi connectivity index (χ1n) is 3.81. The van der Waals surface area contributed by atoms with Gasteiger partial charge in [0.2, 0.25) is 11.7 Å². The summed E-state index contributed by atoms with van der Waals surface area (Å²) in [6.07, 6.45) is 0.608. The van der Waals surface area contributed by atoms with Gasteiger partial charge in [0.05, 0.1) is 5.51 Å². The fourth-order valence-corrected chi connectivity index (χ4v) is 1.44. The molecule has 6 heteroatoms. The fourth-order valence-electron chi connectivity index (χ4n) is 0.907. The van der Waals surface area contributed by atoms with Gasteiger partial charge in [-0.3, -0.25) is 0 Å². The number of nitrogens with two attached hydrogens (primary N) is 1. The molecule has 2 heterocycles. The smallest absolute Gasteiger partial charge is 0.228 e. The molecule has 0 spiro atoms. The van der Waals surface area contributed by atoms with Crippen LogP contribution in [0.15, 0.2) is 15.4 Å². The van der Waals surface area contributed by atoms with Crippen molar-refractivity contribution in [2.75, 3.05) is 6.54 Å². The van der Waals surface area contributed by atoms with E-state index in [2.05, 4.69) is 15.1 Å². The third kappa shape index (κ3) is 1.73. The second kappa shape index (κ2) is 3.63. The van der Waals surface area contributed by atoms with Crippen LogP contribution in [-0.2, 0) is 6.42 Å². The predicted molar refractivity (Wildman–Crippen MR) is 48.2 cm³/mol. The quantitative estimate of drug-likeness (QED) is 0.781. The third-order valence-electron chi connectivity index (χ3n) is 1.49. The van der Waals surface area contributed by atoms with Crippen LogP contribution in [0.4, 0.5) is 0 Å². The molecule has 0 aliphatic rings. The van der Waals surface area contributed by atoms with Crippen molar-refractivity contribution in [1.82, 2.24) is 15.1 Å². The van der Waals surface area contributed by atoms with E-state index in [1.54, 1.807) is 5.51 Å². The monoisotopic (exact) mass is 196 g/mol. The van der Waals surface area contributed by atoms with Crippen LogP contribution < -0.4 is 5.73 Å². The van der Waals surface area contributed by atoms with Gasteiger partial charge >= 0.3 is 0 Å². The molecule has 0 atom stereocenters. The van der Waals surface area contributed by atoms with Crippen LogP contribution in [0.25, 0.3) is 11.5 Å². The average molecular weight is 196 g/mol. The Balaban J connectivity index is 2.23. The summed E-state index contributed by atoms with van der Waals surface area (Å²) in [4.78, 5) is 8.19. The van der Waals surface area contributed by atoms with E-state index in [1.807, 2.05) is 5.38 Å². The lowest BCUT2D eigenvalue weighted by atomic mass is 10.4. The Labute approximate surface area is 78.6 Å². The fraction of sp³-hybridized carbons (Fsp3) is 0.286. The van der Waals surface area contributed by atoms with Crippen LogP contribution in [0.5, 0.6) is 0 Å². The standard InChI is InChI=1S/C7H8N4OS/c8-2-1-6-10-7(11-12-6)5-3-13-4-9-5/h3-4H,1-2,8H2. The Morgan fingerprint density at radius 3 is 3.15 bits per heavy atom. The minimum absolute atomic E-state index is 0.513. The van der Waals surface area contributed by atoms with Crippen molar-refractivity contribution >= 4 is 11.3 Å². The van der Waals surface area contributed by atoms with Gasteiger partial charge in [-0.1, -0.05) is 5.16 Å². The average Bonchev–Trinajstić information content (AvgIpc) is 2.70. The maximum absolute atomic E-state index is 5.35. The van der Waals surface area contributed by atoms with E-state index in [4.69, 9.17) is 10.3 Å². The molecular formula is C7H8N4OS. The highest BCUT2D eigenvalue weighted by atomic mass is 32.1. The molecule has 2 N–H and O–H groups in total. The summed E-state index contributed by atoms with van der Waals surface area (Å²) >= 11 is 1.50. The first kappa shape index (κ1) is 8.33. The van der Waals surface area contributed by atoms with E-state index in [0.29, 0.717) is 24.7 Å². The maximum Gasteiger partial charge on any atom is 0.228 e. The van der Waals surface area contributed by atoms with Gasteiger partial charge in [-0.15, -0.1) is 11.3 Å². The zero-order chi connectivity index (χ0) is 9.10. The van der Waals surface area contributed by atoms with Gasteiger partial charge in [0.15, 0.2) is 0 Å². The first-order valence-corrected chi connectivity index (χ1v) is 4.75. The lowest BCUT2D eigenvalue weighted by Gasteiger charge is -1.84. The second-order valence-electron chi connectivity index (χ2n) is 2.42. The van der Waals surface area contributed by atoms with Gasteiger partial charge in [0.25, 0.3) is 0 Å². The van der Waals surface area contributed by atoms with Gasteiger partial charge in [-0.2, -0.15) is 4.98 Å². The molecule has 0 radical (unpaired) electrons. The third-order valence-corrected chi connectivity index (χ3v) is 2.07. The molecule has 0 aliphatic heterocycles. The van der Waals surface area contributed by atoms with Crippen molar-refractivity contribution in [2.45, 2.75) is 6.42 Å². The molecule has 0 bridgehead atoms. The molecular weight excluding hydrogens is 188 g/mol. The molecule has 0 saturated carbocycles. The SMILES string of the molecule is NCCc1nc(-c2cscn2)no1. The van der Waals surface area contributed by atoms with Crippen LogP contribution in [0, 0.1) is 0 Å². The van der Waals surface area contributed by atoms with E-state index in [1.165, 1.54) is 11.3 Å². The molecule has 68 valence electrons. The summed E-state index contributed by atoms with van der Waals surface area (Å²) in [5.41, 5.74) is 7.82. The van der Waals surface area contributed by atoms with Crippen LogP contribution in [0.3, 0.4) is 0 Å². The molecule has 0 aliphatic carbocycles. The molecule has 0 amide bonds. The Morgan fingerprint density at radius 2 is 2.46 bits per heavy atom. The zero-order valence-electron chi connectivity index (χ0n) is 6.80. The topological polar surface area (TPSA) is 77.8 Å². The van der Waals surface area contributed by atoms with Crippen molar-refractivity contribution in [3.05, 3.63) is 16.8 Å². The molecule has 13 heavy (non-hydrogen) atoms. The summed E-state index contributed by atoms with van der Waals surface area (Å²) in [5, 5.41) is 5.65. The predicted octanol–water partition coefficient (Wildman–Crippen LogP) is 0.694. The lowest BCUT2D eigenvalue weighted by Crippen LogP contribution is -2.02. The van der Waals surface area contributed by atoms with E-state index in [-0.39, 0.29) is 0 Å². The Kier molecular flexibility index (Phi) is 2.33. The summed E-state index contributed by atoms with van der Waals surface area (Å²) in [6, 6.07) is 0. The van der Waals surface area contributed by atoms with Crippen LogP contribution in [0.1, 0.15) is 5.89 Å². The molecule has 2 rings (SSSR count). The summed E-state index contributed by atoms with van der Waals surface area (Å²) in [5.74, 6) is 1.09. The second-order valence-corrected chi connectivity index (χ2v) is 3.14. The number of aromatic nitrogens is 3. The number of rotatable bonds is 3. The van der Waals surface area contributed by atoms with Crippen LogP contribution in [0.2, 0.25) is 0 Å². The van der Waals surface area contributed by atoms with Crippen LogP contribution in [-0.4, -0.2) is 21.7 Å². The molecule has 0 unspecified atom stereocenters. The molecule has 0 aromatic carbocycles. The first-order chi connectivity index (χ1) is 6.40. The van der Waals surface area contributed by atoms with Crippen molar-refractivity contribution in [3.63, 3.8) is 0 Å². The van der Waals surface area contributed by atoms with E-state index in [9.17, 15) is 0 Å². The number of hydrogen-bond donors (Lipinski definition) is 1. The highest BCUT2D eigenvalue weighted by Crippen LogP contribution is 2.14. The maximum atomic E-state index is 5.35. The van der Waals surface area contributed by atoms with Gasteiger partial charge in [-0.05, 0) is 0 Å². The molecule has 2 aromatic rings. The molecule has 0 fully saturated rings. The minimum atomic E-state index is 0.513. The zero-order valence-corrected chi connectivity index (χ0v) is 7.62. The number of nitrogens with zero attached hydrogens (tertiary/aromatic N) is 3. The van der Waals surface area contributed by atoms with Gasteiger partial charge < -0.3 is 10.3 Å². The van der Waals surface area contributed by atoms with E-state index < -0.39 is 0 Å². The molecule has 2 aromatic heterocycles. The molecule has 0 saturated heterocycles. The van der Waals surface area contributed by atoms with Crippen LogP contribution >= 0.6 is 11.3 Å². The Hall–Kier alpha value is -1.27.